The number of carbonyl (C=O) groups is 3. The number of aromatic nitrogens is 3. The first-order valence-electron chi connectivity index (χ1n) is 12.4. The number of para-hydroxylation sites is 2. The molecule has 2 amide bonds. The maximum absolute atomic E-state index is 14.2. The van der Waals surface area contributed by atoms with Crippen LogP contribution in [0.4, 0.5) is 17.1 Å². The number of non-ortho nitro benzene ring substituents is 1. The molecule has 4 heterocycles. The predicted octanol–water partition coefficient (Wildman–Crippen LogP) is 3.38. The molecule has 0 saturated carbocycles. The van der Waals surface area contributed by atoms with Crippen molar-refractivity contribution in [3.05, 3.63) is 94.0 Å². The van der Waals surface area contributed by atoms with Crippen LogP contribution in [0, 0.1) is 28.9 Å². The van der Waals surface area contributed by atoms with Gasteiger partial charge in [0.05, 0.1) is 34.0 Å². The van der Waals surface area contributed by atoms with Crippen molar-refractivity contribution in [3.63, 3.8) is 0 Å². The highest BCUT2D eigenvalue weighted by molar-refractivity contribution is 6.25. The molecule has 2 saturated heterocycles. The SMILES string of the molecule is Cc1cc([N+](=O)[O-])ccc1N1C(=O)[C@@H]2[C@H](C1=O)[C@@H](C(=O)n1nnc3ccccc31)N1c3ccccc3C=C[C@@H]21. The van der Waals surface area contributed by atoms with E-state index in [9.17, 15) is 24.5 Å². The zero-order valence-corrected chi connectivity index (χ0v) is 20.5. The maximum atomic E-state index is 14.2. The second-order valence-corrected chi connectivity index (χ2v) is 9.88. The van der Waals surface area contributed by atoms with Crippen LogP contribution in [0.1, 0.15) is 15.9 Å². The third-order valence-corrected chi connectivity index (χ3v) is 7.86. The topological polar surface area (TPSA) is 132 Å². The Bertz CT molecular complexity index is 1780. The molecule has 39 heavy (non-hydrogen) atoms. The summed E-state index contributed by atoms with van der Waals surface area (Å²) in [5.74, 6) is -3.26. The van der Waals surface area contributed by atoms with E-state index >= 15 is 0 Å². The summed E-state index contributed by atoms with van der Waals surface area (Å²) in [5, 5.41) is 19.5. The van der Waals surface area contributed by atoms with Crippen LogP contribution in [-0.4, -0.2) is 49.7 Å². The van der Waals surface area contributed by atoms with Crippen LogP contribution in [0.5, 0.6) is 0 Å². The summed E-state index contributed by atoms with van der Waals surface area (Å²) in [6.45, 7) is 1.62. The molecule has 3 aliphatic heterocycles. The molecule has 0 radical (unpaired) electrons. The van der Waals surface area contributed by atoms with E-state index in [-0.39, 0.29) is 11.4 Å². The summed E-state index contributed by atoms with van der Waals surface area (Å²) in [6, 6.07) is 17.0. The smallest absolute Gasteiger partial charge is 0.272 e. The van der Waals surface area contributed by atoms with Crippen molar-refractivity contribution in [3.8, 4) is 0 Å². The maximum Gasteiger partial charge on any atom is 0.272 e. The van der Waals surface area contributed by atoms with Gasteiger partial charge in [-0.3, -0.25) is 24.5 Å². The number of hydrogen-bond donors (Lipinski definition) is 0. The van der Waals surface area contributed by atoms with E-state index in [1.54, 1.807) is 31.2 Å². The number of aryl methyl sites for hydroxylation is 1. The average molecular weight is 521 g/mol. The Balaban J connectivity index is 1.38. The molecular formula is C28H20N6O5. The minimum absolute atomic E-state index is 0.139. The van der Waals surface area contributed by atoms with Crippen LogP contribution in [-0.2, 0) is 9.59 Å². The van der Waals surface area contributed by atoms with Gasteiger partial charge in [0.15, 0.2) is 0 Å². The number of anilines is 2. The van der Waals surface area contributed by atoms with Crippen LogP contribution in [0.2, 0.25) is 0 Å². The second kappa shape index (κ2) is 8.15. The van der Waals surface area contributed by atoms with Crippen LogP contribution in [0.15, 0.2) is 72.8 Å². The highest BCUT2D eigenvalue weighted by Crippen LogP contribution is 2.50. The number of benzene rings is 3. The van der Waals surface area contributed by atoms with Crippen molar-refractivity contribution in [2.75, 3.05) is 9.80 Å². The average Bonchev–Trinajstić information content (AvgIpc) is 3.60. The quantitative estimate of drug-likeness (QED) is 0.228. The van der Waals surface area contributed by atoms with Gasteiger partial charge < -0.3 is 4.90 Å². The van der Waals surface area contributed by atoms with E-state index in [0.717, 1.165) is 16.2 Å². The second-order valence-electron chi connectivity index (χ2n) is 9.88. The van der Waals surface area contributed by atoms with Crippen molar-refractivity contribution >= 4 is 51.9 Å². The molecule has 0 unspecified atom stereocenters. The minimum atomic E-state index is -1.03. The largest absolute Gasteiger partial charge is 0.351 e. The van der Waals surface area contributed by atoms with Gasteiger partial charge in [0.25, 0.3) is 11.6 Å². The number of nitrogens with zero attached hydrogens (tertiary/aromatic N) is 6. The van der Waals surface area contributed by atoms with E-state index in [4.69, 9.17) is 0 Å². The fourth-order valence-corrected chi connectivity index (χ4v) is 6.20. The summed E-state index contributed by atoms with van der Waals surface area (Å²) >= 11 is 0. The van der Waals surface area contributed by atoms with Gasteiger partial charge in [-0.1, -0.05) is 47.7 Å². The van der Waals surface area contributed by atoms with Crippen molar-refractivity contribution < 1.29 is 19.3 Å². The lowest BCUT2D eigenvalue weighted by molar-refractivity contribution is -0.384. The molecule has 0 spiro atoms. The van der Waals surface area contributed by atoms with Gasteiger partial charge in [0.2, 0.25) is 11.8 Å². The normalized spacial score (nSPS) is 23.2. The monoisotopic (exact) mass is 520 g/mol. The number of hydrogen-bond acceptors (Lipinski definition) is 8. The molecule has 3 aliphatic rings. The van der Waals surface area contributed by atoms with Crippen molar-refractivity contribution in [2.45, 2.75) is 19.0 Å². The Hall–Kier alpha value is -5.19. The summed E-state index contributed by atoms with van der Waals surface area (Å²) < 4.78 is 1.21. The lowest BCUT2D eigenvalue weighted by Crippen LogP contribution is -2.50. The summed E-state index contributed by atoms with van der Waals surface area (Å²) in [6.07, 6.45) is 3.77. The fourth-order valence-electron chi connectivity index (χ4n) is 6.20. The van der Waals surface area contributed by atoms with Crippen LogP contribution in [0.3, 0.4) is 0 Å². The summed E-state index contributed by atoms with van der Waals surface area (Å²) in [4.78, 5) is 56.0. The third-order valence-electron chi connectivity index (χ3n) is 7.86. The molecular weight excluding hydrogens is 500 g/mol. The predicted molar refractivity (Wildman–Crippen MR) is 141 cm³/mol. The molecule has 4 atom stereocenters. The van der Waals surface area contributed by atoms with Gasteiger partial charge in [-0.15, -0.1) is 5.10 Å². The highest BCUT2D eigenvalue weighted by Gasteiger charge is 2.65. The third kappa shape index (κ3) is 3.13. The number of rotatable bonds is 3. The Morgan fingerprint density at radius 2 is 1.69 bits per heavy atom. The zero-order chi connectivity index (χ0) is 27.0. The lowest BCUT2D eigenvalue weighted by Gasteiger charge is -2.36. The molecule has 0 bridgehead atoms. The number of nitro benzene ring substituents is 1. The van der Waals surface area contributed by atoms with Gasteiger partial charge in [-0.05, 0) is 42.3 Å². The number of nitro groups is 1. The summed E-state index contributed by atoms with van der Waals surface area (Å²) in [5.41, 5.74) is 3.21. The Morgan fingerprint density at radius 1 is 0.949 bits per heavy atom. The molecule has 0 aliphatic carbocycles. The van der Waals surface area contributed by atoms with Gasteiger partial charge in [0, 0.05) is 17.8 Å². The first-order valence-corrected chi connectivity index (χ1v) is 12.4. The number of imide groups is 1. The molecule has 192 valence electrons. The van der Waals surface area contributed by atoms with Crippen molar-refractivity contribution in [2.24, 2.45) is 11.8 Å². The molecule has 4 aromatic rings. The van der Waals surface area contributed by atoms with E-state index < -0.39 is 46.6 Å². The summed E-state index contributed by atoms with van der Waals surface area (Å²) in [7, 11) is 0. The Labute approximate surface area is 221 Å². The van der Waals surface area contributed by atoms with E-state index in [2.05, 4.69) is 10.3 Å². The number of fused-ring (bicyclic) bond motifs is 6. The Kier molecular flexibility index (Phi) is 4.80. The van der Waals surface area contributed by atoms with Gasteiger partial charge in [0.1, 0.15) is 11.6 Å². The fraction of sp³-hybridized carbons (Fsp3) is 0.179. The number of amides is 2. The van der Waals surface area contributed by atoms with Crippen molar-refractivity contribution in [1.29, 1.82) is 0 Å². The lowest BCUT2D eigenvalue weighted by atomic mass is 9.88. The first-order chi connectivity index (χ1) is 18.9. The molecule has 3 aromatic carbocycles. The van der Waals surface area contributed by atoms with Crippen molar-refractivity contribution in [1.82, 2.24) is 15.0 Å². The van der Waals surface area contributed by atoms with Gasteiger partial charge >= 0.3 is 0 Å². The molecule has 7 rings (SSSR count). The van der Waals surface area contributed by atoms with Crippen LogP contribution >= 0.6 is 0 Å². The number of carbonyl (C=O) groups excluding carboxylic acids is 3. The standard InChI is InChI=1S/C28H20N6O5/c1-15-14-17(34(38)39)11-13-19(15)32-26(35)23-22-12-10-16-6-2-4-8-20(16)31(22)25(24(23)27(32)36)28(37)33-21-9-5-3-7-18(21)29-30-33/h2-14,22-25H,1H3/t22-,23-,24-,25-/m0/s1. The van der Waals surface area contributed by atoms with Crippen LogP contribution < -0.4 is 9.80 Å². The van der Waals surface area contributed by atoms with Crippen LogP contribution in [0.25, 0.3) is 17.1 Å². The molecule has 0 N–H and O–H groups in total. The van der Waals surface area contributed by atoms with Gasteiger partial charge in [-0.25, -0.2) is 4.90 Å². The Morgan fingerprint density at radius 3 is 2.49 bits per heavy atom. The van der Waals surface area contributed by atoms with E-state index in [1.807, 2.05) is 41.3 Å². The van der Waals surface area contributed by atoms with E-state index in [1.165, 1.54) is 22.9 Å². The minimum Gasteiger partial charge on any atom is -0.351 e. The zero-order valence-electron chi connectivity index (χ0n) is 20.5. The molecule has 11 heteroatoms. The molecule has 2 fully saturated rings. The first kappa shape index (κ1) is 23.0. The molecule has 1 aromatic heterocycles. The molecule has 11 nitrogen and oxygen atoms in total. The van der Waals surface area contributed by atoms with Gasteiger partial charge in [-0.2, -0.15) is 4.68 Å². The highest BCUT2D eigenvalue weighted by atomic mass is 16.6. The van der Waals surface area contributed by atoms with E-state index in [0.29, 0.717) is 16.6 Å².